The van der Waals surface area contributed by atoms with Crippen LogP contribution in [0.3, 0.4) is 0 Å². The fourth-order valence-electron chi connectivity index (χ4n) is 2.21. The fraction of sp³-hybridized carbons (Fsp3) is 0. The molecule has 1 heterocycles. The van der Waals surface area contributed by atoms with E-state index in [0.717, 1.165) is 0 Å². The summed E-state index contributed by atoms with van der Waals surface area (Å²) < 4.78 is 5.34. The van der Waals surface area contributed by atoms with Crippen molar-refractivity contribution in [2.75, 3.05) is 0 Å². The Hall–Kier alpha value is -3.22. The number of aromatic nitrogens is 1. The van der Waals surface area contributed by atoms with Crippen molar-refractivity contribution in [1.82, 2.24) is 10.4 Å². The second-order valence-corrected chi connectivity index (χ2v) is 6.36. The van der Waals surface area contributed by atoms with Gasteiger partial charge in [-0.2, -0.15) is 5.10 Å². The molecule has 6 nitrogen and oxygen atoms in total. The highest BCUT2D eigenvalue weighted by molar-refractivity contribution is 6.36. The predicted octanol–water partition coefficient (Wildman–Crippen LogP) is 4.37. The number of benzene rings is 2. The number of ether oxygens (including phenoxy) is 1. The monoisotopic (exact) mass is 413 g/mol. The van der Waals surface area contributed by atoms with Crippen LogP contribution < -0.4 is 10.2 Å². The number of hydrogen-bond acceptors (Lipinski definition) is 5. The summed E-state index contributed by atoms with van der Waals surface area (Å²) in [4.78, 5) is 28.0. The van der Waals surface area contributed by atoms with Crippen LogP contribution in [-0.2, 0) is 0 Å². The Morgan fingerprint density at radius 1 is 1.04 bits per heavy atom. The van der Waals surface area contributed by atoms with Gasteiger partial charge in [0.1, 0.15) is 5.75 Å². The number of rotatable bonds is 5. The second kappa shape index (κ2) is 9.12. The molecule has 0 fully saturated rings. The summed E-state index contributed by atoms with van der Waals surface area (Å²) in [5.41, 5.74) is 3.68. The number of carbonyl (C=O) groups excluding carboxylic acids is 2. The minimum absolute atomic E-state index is 0.203. The molecule has 0 spiro atoms. The first-order chi connectivity index (χ1) is 13.5. The van der Waals surface area contributed by atoms with Crippen LogP contribution in [0.1, 0.15) is 26.3 Å². The zero-order valence-corrected chi connectivity index (χ0v) is 15.8. The SMILES string of the molecule is O=C(N/N=C\c1cccc(OC(=O)c2ccc(Cl)cc2Cl)c1)c1ccncc1. The lowest BCUT2D eigenvalue weighted by molar-refractivity contribution is 0.0734. The number of pyridine rings is 1. The summed E-state index contributed by atoms with van der Waals surface area (Å²) in [7, 11) is 0. The van der Waals surface area contributed by atoms with Crippen molar-refractivity contribution in [2.45, 2.75) is 0 Å². The lowest BCUT2D eigenvalue weighted by Crippen LogP contribution is -2.17. The molecule has 0 saturated carbocycles. The van der Waals surface area contributed by atoms with E-state index < -0.39 is 5.97 Å². The van der Waals surface area contributed by atoms with E-state index in [1.54, 1.807) is 42.5 Å². The van der Waals surface area contributed by atoms with E-state index in [-0.39, 0.29) is 16.5 Å². The van der Waals surface area contributed by atoms with Gasteiger partial charge in [0.15, 0.2) is 0 Å². The number of hydrogen-bond donors (Lipinski definition) is 1. The van der Waals surface area contributed by atoms with Crippen LogP contribution >= 0.6 is 23.2 Å². The van der Waals surface area contributed by atoms with E-state index in [4.69, 9.17) is 27.9 Å². The van der Waals surface area contributed by atoms with Crippen molar-refractivity contribution in [2.24, 2.45) is 5.10 Å². The number of amides is 1. The molecule has 0 aliphatic rings. The first-order valence-electron chi connectivity index (χ1n) is 8.03. The van der Waals surface area contributed by atoms with E-state index in [0.29, 0.717) is 21.9 Å². The van der Waals surface area contributed by atoms with Gasteiger partial charge in [0.25, 0.3) is 5.91 Å². The Bertz CT molecular complexity index is 1040. The average Bonchev–Trinajstić information content (AvgIpc) is 2.68. The van der Waals surface area contributed by atoms with E-state index >= 15 is 0 Å². The van der Waals surface area contributed by atoms with Gasteiger partial charge in [0, 0.05) is 23.0 Å². The third-order valence-electron chi connectivity index (χ3n) is 3.54. The molecule has 0 saturated heterocycles. The number of esters is 1. The Morgan fingerprint density at radius 2 is 1.82 bits per heavy atom. The zero-order valence-electron chi connectivity index (χ0n) is 14.3. The summed E-state index contributed by atoms with van der Waals surface area (Å²) in [6.07, 6.45) is 4.47. The van der Waals surface area contributed by atoms with Gasteiger partial charge in [0.2, 0.25) is 0 Å². The smallest absolute Gasteiger partial charge is 0.345 e. The normalized spacial score (nSPS) is 10.6. The molecule has 1 aromatic heterocycles. The molecule has 0 atom stereocenters. The molecule has 1 amide bonds. The van der Waals surface area contributed by atoms with E-state index in [9.17, 15) is 9.59 Å². The van der Waals surface area contributed by atoms with Gasteiger partial charge in [-0.15, -0.1) is 0 Å². The summed E-state index contributed by atoms with van der Waals surface area (Å²) in [5, 5.41) is 4.53. The topological polar surface area (TPSA) is 80.6 Å². The molecular weight excluding hydrogens is 401 g/mol. The highest BCUT2D eigenvalue weighted by Gasteiger charge is 2.13. The van der Waals surface area contributed by atoms with Crippen LogP contribution in [0.5, 0.6) is 5.75 Å². The first-order valence-corrected chi connectivity index (χ1v) is 8.79. The molecule has 0 radical (unpaired) electrons. The molecule has 0 aliphatic heterocycles. The van der Waals surface area contributed by atoms with Crippen LogP contribution in [0.4, 0.5) is 0 Å². The quantitative estimate of drug-likeness (QED) is 0.291. The minimum Gasteiger partial charge on any atom is -0.423 e. The molecule has 0 aliphatic carbocycles. The van der Waals surface area contributed by atoms with Gasteiger partial charge in [-0.3, -0.25) is 9.78 Å². The Morgan fingerprint density at radius 3 is 2.57 bits per heavy atom. The Labute approximate surface area is 170 Å². The first kappa shape index (κ1) is 19.5. The van der Waals surface area contributed by atoms with Crippen LogP contribution in [0.2, 0.25) is 10.0 Å². The summed E-state index contributed by atoms with van der Waals surface area (Å²) in [6.45, 7) is 0. The lowest BCUT2D eigenvalue weighted by atomic mass is 10.2. The van der Waals surface area contributed by atoms with Gasteiger partial charge in [-0.05, 0) is 48.0 Å². The number of nitrogens with one attached hydrogen (secondary N) is 1. The second-order valence-electron chi connectivity index (χ2n) is 5.52. The van der Waals surface area contributed by atoms with Gasteiger partial charge >= 0.3 is 5.97 Å². The maximum absolute atomic E-state index is 12.3. The highest BCUT2D eigenvalue weighted by atomic mass is 35.5. The molecule has 140 valence electrons. The average molecular weight is 414 g/mol. The van der Waals surface area contributed by atoms with Crippen LogP contribution in [-0.4, -0.2) is 23.1 Å². The number of halogens is 2. The minimum atomic E-state index is -0.609. The van der Waals surface area contributed by atoms with Gasteiger partial charge < -0.3 is 4.74 Å². The van der Waals surface area contributed by atoms with Crippen molar-refractivity contribution < 1.29 is 14.3 Å². The van der Waals surface area contributed by atoms with E-state index in [2.05, 4.69) is 15.5 Å². The van der Waals surface area contributed by atoms with Gasteiger partial charge in [0.05, 0.1) is 16.8 Å². The number of hydrazone groups is 1. The molecule has 3 rings (SSSR count). The van der Waals surface area contributed by atoms with E-state index in [1.807, 2.05) is 0 Å². The highest BCUT2D eigenvalue weighted by Crippen LogP contribution is 2.23. The molecule has 0 unspecified atom stereocenters. The fourth-order valence-corrected chi connectivity index (χ4v) is 2.69. The summed E-state index contributed by atoms with van der Waals surface area (Å²) >= 11 is 11.8. The standard InChI is InChI=1S/C20H13Cl2N3O3/c21-15-4-5-17(18(22)11-15)20(27)28-16-3-1-2-13(10-16)12-24-25-19(26)14-6-8-23-9-7-14/h1-12H,(H,25,26)/b24-12-. The van der Waals surface area contributed by atoms with Crippen molar-refractivity contribution in [3.63, 3.8) is 0 Å². The van der Waals surface area contributed by atoms with Crippen molar-refractivity contribution in [3.8, 4) is 5.75 Å². The molecule has 2 aromatic carbocycles. The van der Waals surface area contributed by atoms with Gasteiger partial charge in [-0.1, -0.05) is 35.3 Å². The molecule has 3 aromatic rings. The summed E-state index contributed by atoms with van der Waals surface area (Å²) in [6, 6.07) is 14.3. The van der Waals surface area contributed by atoms with E-state index in [1.165, 1.54) is 30.7 Å². The third-order valence-corrected chi connectivity index (χ3v) is 4.09. The van der Waals surface area contributed by atoms with Crippen LogP contribution in [0, 0.1) is 0 Å². The molecule has 8 heteroatoms. The maximum Gasteiger partial charge on any atom is 0.345 e. The van der Waals surface area contributed by atoms with Crippen LogP contribution in [0.25, 0.3) is 0 Å². The van der Waals surface area contributed by atoms with Crippen molar-refractivity contribution in [3.05, 3.63) is 93.7 Å². The molecule has 1 N–H and O–H groups in total. The molecule has 28 heavy (non-hydrogen) atoms. The Balaban J connectivity index is 1.65. The maximum atomic E-state index is 12.3. The largest absolute Gasteiger partial charge is 0.423 e. The zero-order chi connectivity index (χ0) is 19.9. The lowest BCUT2D eigenvalue weighted by Gasteiger charge is -2.06. The van der Waals surface area contributed by atoms with Crippen molar-refractivity contribution in [1.29, 1.82) is 0 Å². The molecular formula is C20H13Cl2N3O3. The number of nitrogens with zero attached hydrogens (tertiary/aromatic N) is 2. The molecule has 0 bridgehead atoms. The Kier molecular flexibility index (Phi) is 6.37. The summed E-state index contributed by atoms with van der Waals surface area (Å²) in [5.74, 6) is -0.666. The third kappa shape index (κ3) is 5.16. The predicted molar refractivity (Wildman–Crippen MR) is 107 cm³/mol. The van der Waals surface area contributed by atoms with Crippen molar-refractivity contribution >= 4 is 41.3 Å². The number of carbonyl (C=O) groups is 2. The van der Waals surface area contributed by atoms with Crippen LogP contribution in [0.15, 0.2) is 72.1 Å². The van der Waals surface area contributed by atoms with Gasteiger partial charge in [-0.25, -0.2) is 10.2 Å².